The zero-order valence-electron chi connectivity index (χ0n) is 17.4. The second-order valence-electron chi connectivity index (χ2n) is 8.48. The van der Waals surface area contributed by atoms with E-state index in [0.717, 1.165) is 64.6 Å². The van der Waals surface area contributed by atoms with E-state index in [0.29, 0.717) is 5.82 Å². The van der Waals surface area contributed by atoms with Gasteiger partial charge in [-0.2, -0.15) is 0 Å². The first kappa shape index (κ1) is 18.9. The first-order valence-corrected chi connectivity index (χ1v) is 11.0. The Morgan fingerprint density at radius 2 is 1.94 bits per heavy atom. The SMILES string of the molecule is O=c1[nH]c(NC2CCCCC2O)c(-c2ccc3[nH]ccc3c2)n1-c1ccc2nc[nH]c2c1. The number of aromatic amines is 3. The summed E-state index contributed by atoms with van der Waals surface area (Å²) < 4.78 is 1.69. The number of rotatable bonds is 4. The average molecular weight is 428 g/mol. The van der Waals surface area contributed by atoms with Gasteiger partial charge in [0.2, 0.25) is 0 Å². The third kappa shape index (κ3) is 3.11. The van der Waals surface area contributed by atoms with Crippen LogP contribution in [0, 0.1) is 0 Å². The highest BCUT2D eigenvalue weighted by molar-refractivity contribution is 5.87. The van der Waals surface area contributed by atoms with Crippen LogP contribution in [0.15, 0.2) is 59.8 Å². The Hall–Kier alpha value is -3.78. The molecule has 8 nitrogen and oxygen atoms in total. The molecule has 0 bridgehead atoms. The van der Waals surface area contributed by atoms with Crippen LogP contribution < -0.4 is 11.0 Å². The van der Waals surface area contributed by atoms with E-state index in [-0.39, 0.29) is 11.7 Å². The van der Waals surface area contributed by atoms with Crippen LogP contribution in [0.2, 0.25) is 0 Å². The highest BCUT2D eigenvalue weighted by Crippen LogP contribution is 2.33. The Morgan fingerprint density at radius 3 is 2.84 bits per heavy atom. The predicted molar refractivity (Wildman–Crippen MR) is 125 cm³/mol. The Bertz CT molecular complexity index is 1470. The lowest BCUT2D eigenvalue weighted by Crippen LogP contribution is -2.36. The van der Waals surface area contributed by atoms with Crippen LogP contribution >= 0.6 is 0 Å². The number of H-pyrrole nitrogens is 3. The molecule has 0 spiro atoms. The van der Waals surface area contributed by atoms with Gasteiger partial charge in [0.1, 0.15) is 5.82 Å². The van der Waals surface area contributed by atoms with Crippen molar-refractivity contribution in [2.24, 2.45) is 0 Å². The molecule has 32 heavy (non-hydrogen) atoms. The lowest BCUT2D eigenvalue weighted by atomic mass is 9.92. The van der Waals surface area contributed by atoms with Crippen molar-refractivity contribution >= 4 is 27.8 Å². The standard InChI is InChI=1S/C24H24N6O2/c31-21-4-2-1-3-19(21)28-23-22(15-5-7-17-14(11-15)9-10-25-17)30(24(32)29-23)16-6-8-18-20(12-16)27-13-26-18/h5-13,19,21,25,28,31H,1-4H2,(H,26,27)(H,29,32). The molecule has 5 N–H and O–H groups in total. The van der Waals surface area contributed by atoms with E-state index in [2.05, 4.69) is 31.3 Å². The zero-order chi connectivity index (χ0) is 21.7. The van der Waals surface area contributed by atoms with Gasteiger partial charge in [0, 0.05) is 22.7 Å². The Kier molecular flexibility index (Phi) is 4.39. The third-order valence-electron chi connectivity index (χ3n) is 6.44. The first-order valence-electron chi connectivity index (χ1n) is 11.0. The lowest BCUT2D eigenvalue weighted by Gasteiger charge is -2.29. The van der Waals surface area contributed by atoms with Crippen molar-refractivity contribution in [1.29, 1.82) is 0 Å². The summed E-state index contributed by atoms with van der Waals surface area (Å²) in [5, 5.41) is 15.0. The Labute approximate surface area is 183 Å². The van der Waals surface area contributed by atoms with E-state index >= 15 is 0 Å². The molecule has 3 aromatic heterocycles. The maximum Gasteiger partial charge on any atom is 0.332 e. The molecule has 2 aromatic carbocycles. The fourth-order valence-corrected chi connectivity index (χ4v) is 4.79. The molecular weight excluding hydrogens is 404 g/mol. The largest absolute Gasteiger partial charge is 0.391 e. The summed E-state index contributed by atoms with van der Waals surface area (Å²) in [7, 11) is 0. The Balaban J connectivity index is 1.54. The maximum absolute atomic E-state index is 13.2. The van der Waals surface area contributed by atoms with E-state index in [4.69, 9.17) is 0 Å². The van der Waals surface area contributed by atoms with Gasteiger partial charge in [0.15, 0.2) is 0 Å². The summed E-state index contributed by atoms with van der Waals surface area (Å²) in [6.45, 7) is 0. The normalized spacial score (nSPS) is 19.0. The molecule has 0 amide bonds. The molecule has 2 atom stereocenters. The van der Waals surface area contributed by atoms with E-state index in [1.54, 1.807) is 10.9 Å². The summed E-state index contributed by atoms with van der Waals surface area (Å²) >= 11 is 0. The quantitative estimate of drug-likeness (QED) is 0.299. The van der Waals surface area contributed by atoms with Gasteiger partial charge in [-0.1, -0.05) is 18.9 Å². The zero-order valence-corrected chi connectivity index (χ0v) is 17.4. The van der Waals surface area contributed by atoms with Crippen LogP contribution in [0.3, 0.4) is 0 Å². The molecule has 1 aliphatic rings. The van der Waals surface area contributed by atoms with Crippen molar-refractivity contribution in [3.8, 4) is 16.9 Å². The lowest BCUT2D eigenvalue weighted by molar-refractivity contribution is 0.116. The average Bonchev–Trinajstić information content (AvgIpc) is 3.52. The molecular formula is C24H24N6O2. The van der Waals surface area contributed by atoms with Gasteiger partial charge in [-0.25, -0.2) is 9.78 Å². The fraction of sp³-hybridized carbons (Fsp3) is 0.250. The molecule has 1 aliphatic carbocycles. The number of fused-ring (bicyclic) bond motifs is 2. The van der Waals surface area contributed by atoms with Crippen molar-refractivity contribution in [3.63, 3.8) is 0 Å². The molecule has 3 heterocycles. The highest BCUT2D eigenvalue weighted by atomic mass is 16.3. The minimum absolute atomic E-state index is 0.0972. The van der Waals surface area contributed by atoms with Crippen molar-refractivity contribution in [3.05, 3.63) is 65.5 Å². The van der Waals surface area contributed by atoms with Crippen molar-refractivity contribution < 1.29 is 5.11 Å². The molecule has 2 unspecified atom stereocenters. The summed E-state index contributed by atoms with van der Waals surface area (Å²) in [5.74, 6) is 0.626. The van der Waals surface area contributed by atoms with Crippen LogP contribution in [0.1, 0.15) is 25.7 Å². The molecule has 0 radical (unpaired) electrons. The van der Waals surface area contributed by atoms with Crippen LogP contribution in [-0.2, 0) is 0 Å². The third-order valence-corrected chi connectivity index (χ3v) is 6.44. The van der Waals surface area contributed by atoms with E-state index in [9.17, 15) is 9.90 Å². The number of aliphatic hydroxyl groups excluding tert-OH is 1. The van der Waals surface area contributed by atoms with E-state index in [1.165, 1.54) is 0 Å². The van der Waals surface area contributed by atoms with Crippen LogP contribution in [-0.4, -0.2) is 41.8 Å². The van der Waals surface area contributed by atoms with Gasteiger partial charge < -0.3 is 20.4 Å². The van der Waals surface area contributed by atoms with Gasteiger partial charge in [-0.15, -0.1) is 0 Å². The van der Waals surface area contributed by atoms with Crippen molar-refractivity contribution in [2.75, 3.05) is 5.32 Å². The van der Waals surface area contributed by atoms with Gasteiger partial charge in [0.25, 0.3) is 0 Å². The summed E-state index contributed by atoms with van der Waals surface area (Å²) in [4.78, 5) is 26.8. The van der Waals surface area contributed by atoms with Crippen molar-refractivity contribution in [1.82, 2.24) is 24.5 Å². The van der Waals surface area contributed by atoms with Gasteiger partial charge in [0.05, 0.1) is 40.9 Å². The molecule has 8 heteroatoms. The molecule has 0 aliphatic heterocycles. The minimum Gasteiger partial charge on any atom is -0.391 e. The number of aliphatic hydroxyl groups is 1. The number of hydrogen-bond acceptors (Lipinski definition) is 4. The number of anilines is 1. The highest BCUT2D eigenvalue weighted by Gasteiger charge is 2.26. The van der Waals surface area contributed by atoms with Crippen molar-refractivity contribution in [2.45, 2.75) is 37.8 Å². The number of hydrogen-bond donors (Lipinski definition) is 5. The molecule has 1 fully saturated rings. The summed E-state index contributed by atoms with van der Waals surface area (Å²) in [6, 6.07) is 13.7. The predicted octanol–water partition coefficient (Wildman–Crippen LogP) is 3.91. The molecule has 1 saturated carbocycles. The topological polar surface area (TPSA) is 115 Å². The second kappa shape index (κ2) is 7.42. The van der Waals surface area contributed by atoms with Crippen LogP contribution in [0.5, 0.6) is 0 Å². The number of benzene rings is 2. The van der Waals surface area contributed by atoms with Gasteiger partial charge in [-0.3, -0.25) is 9.55 Å². The second-order valence-corrected chi connectivity index (χ2v) is 8.48. The molecule has 6 rings (SSSR count). The number of nitrogens with zero attached hydrogens (tertiary/aromatic N) is 2. The number of nitrogens with one attached hydrogen (secondary N) is 4. The minimum atomic E-state index is -0.433. The number of imidazole rings is 2. The first-order chi connectivity index (χ1) is 15.7. The van der Waals surface area contributed by atoms with Gasteiger partial charge >= 0.3 is 5.69 Å². The molecule has 5 aromatic rings. The van der Waals surface area contributed by atoms with E-state index < -0.39 is 6.10 Å². The molecule has 0 saturated heterocycles. The molecule has 162 valence electrons. The number of aromatic nitrogens is 5. The van der Waals surface area contributed by atoms with Crippen LogP contribution in [0.4, 0.5) is 5.82 Å². The Morgan fingerprint density at radius 1 is 1.03 bits per heavy atom. The summed E-state index contributed by atoms with van der Waals surface area (Å²) in [6.07, 6.45) is 6.83. The van der Waals surface area contributed by atoms with Gasteiger partial charge in [-0.05, 0) is 49.2 Å². The maximum atomic E-state index is 13.2. The fourth-order valence-electron chi connectivity index (χ4n) is 4.79. The summed E-state index contributed by atoms with van der Waals surface area (Å²) in [5.41, 5.74) is 4.90. The monoisotopic (exact) mass is 428 g/mol. The smallest absolute Gasteiger partial charge is 0.332 e. The van der Waals surface area contributed by atoms with Crippen LogP contribution in [0.25, 0.3) is 38.9 Å². The van der Waals surface area contributed by atoms with E-state index in [1.807, 2.05) is 42.6 Å².